The number of rotatable bonds is 10. The van der Waals surface area contributed by atoms with Crippen molar-refractivity contribution in [3.8, 4) is 5.75 Å². The first-order chi connectivity index (χ1) is 17.8. The summed E-state index contributed by atoms with van der Waals surface area (Å²) in [5.41, 5.74) is -0.266. The van der Waals surface area contributed by atoms with E-state index in [0.717, 1.165) is 0 Å². The van der Waals surface area contributed by atoms with Crippen LogP contribution in [0.4, 0.5) is 0 Å². The second-order valence-corrected chi connectivity index (χ2v) is 9.82. The fourth-order valence-corrected chi connectivity index (χ4v) is 5.08. The highest BCUT2D eigenvalue weighted by atomic mass is 31.2. The lowest BCUT2D eigenvalue weighted by molar-refractivity contribution is -0.142. The Morgan fingerprint density at radius 1 is 1.11 bits per heavy atom. The number of hydrogen-bond donors (Lipinski definition) is 2. The lowest BCUT2D eigenvalue weighted by Crippen LogP contribution is -2.34. The number of H-pyrrole nitrogens is 1. The van der Waals surface area contributed by atoms with E-state index < -0.39 is 43.3 Å². The van der Waals surface area contributed by atoms with E-state index in [4.69, 9.17) is 18.5 Å². The molecule has 0 aliphatic carbocycles. The zero-order chi connectivity index (χ0) is 26.4. The molecule has 1 aromatic heterocycles. The van der Waals surface area contributed by atoms with Crippen molar-refractivity contribution in [3.05, 3.63) is 111 Å². The monoisotopic (exact) mass is 527 g/mol. The van der Waals surface area contributed by atoms with E-state index in [0.29, 0.717) is 11.1 Å². The van der Waals surface area contributed by atoms with Crippen molar-refractivity contribution in [2.75, 3.05) is 13.7 Å². The number of nitrogens with one attached hydrogen (secondary N) is 2. The largest absolute Gasteiger partial charge is 0.468 e. The van der Waals surface area contributed by atoms with Gasteiger partial charge in [0.2, 0.25) is 0 Å². The number of aromatic amines is 1. The van der Waals surface area contributed by atoms with Crippen LogP contribution in [0.3, 0.4) is 0 Å². The topological polar surface area (TPSA) is 138 Å². The molecule has 4 rings (SSSR count). The maximum atomic E-state index is 13.9. The number of ether oxygens (including phenoxy) is 2. The van der Waals surface area contributed by atoms with Crippen molar-refractivity contribution < 1.29 is 27.9 Å². The van der Waals surface area contributed by atoms with Gasteiger partial charge in [0.1, 0.15) is 17.9 Å². The molecule has 2 aromatic carbocycles. The average Bonchev–Trinajstić information content (AvgIpc) is 3.38. The lowest BCUT2D eigenvalue weighted by Gasteiger charge is -2.25. The second kappa shape index (κ2) is 11.5. The van der Waals surface area contributed by atoms with E-state index in [9.17, 15) is 18.9 Å². The summed E-state index contributed by atoms with van der Waals surface area (Å²) in [5, 5.41) is 2.70. The van der Waals surface area contributed by atoms with Crippen LogP contribution in [0.15, 0.2) is 88.6 Å². The van der Waals surface area contributed by atoms with Gasteiger partial charge < -0.3 is 14.0 Å². The van der Waals surface area contributed by atoms with Crippen LogP contribution < -0.4 is 20.9 Å². The number of carbonyl (C=O) groups excluding carboxylic acids is 1. The molecule has 37 heavy (non-hydrogen) atoms. The van der Waals surface area contributed by atoms with Gasteiger partial charge in [0.15, 0.2) is 6.23 Å². The number of methoxy groups -OCH3 is 1. The zero-order valence-electron chi connectivity index (χ0n) is 20.1. The van der Waals surface area contributed by atoms with E-state index in [2.05, 4.69) is 10.1 Å². The summed E-state index contributed by atoms with van der Waals surface area (Å²) in [6, 6.07) is 15.8. The Hall–Kier alpha value is -3.76. The number of esters is 1. The summed E-state index contributed by atoms with van der Waals surface area (Å²) in [4.78, 5) is 38.7. The fraction of sp³-hybridized carbons (Fsp3) is 0.240. The van der Waals surface area contributed by atoms with Crippen LogP contribution in [0.2, 0.25) is 0 Å². The van der Waals surface area contributed by atoms with E-state index in [-0.39, 0.29) is 12.4 Å². The molecule has 11 nitrogen and oxygen atoms in total. The molecule has 0 bridgehead atoms. The predicted molar refractivity (Wildman–Crippen MR) is 134 cm³/mol. The van der Waals surface area contributed by atoms with Crippen LogP contribution in [0, 0.1) is 6.92 Å². The van der Waals surface area contributed by atoms with Crippen LogP contribution in [0.25, 0.3) is 0 Å². The first-order valence-corrected chi connectivity index (χ1v) is 12.9. The third kappa shape index (κ3) is 6.52. The lowest BCUT2D eigenvalue weighted by atomic mass is 10.1. The van der Waals surface area contributed by atoms with Crippen LogP contribution in [-0.4, -0.2) is 35.3 Å². The molecule has 0 fully saturated rings. The minimum Gasteiger partial charge on any atom is -0.468 e. The normalized spacial score (nSPS) is 19.2. The van der Waals surface area contributed by atoms with Gasteiger partial charge in [-0.3, -0.25) is 18.9 Å². The summed E-state index contributed by atoms with van der Waals surface area (Å²) in [6.07, 6.45) is 3.15. The van der Waals surface area contributed by atoms with Gasteiger partial charge in [-0.25, -0.2) is 14.2 Å². The van der Waals surface area contributed by atoms with Gasteiger partial charge in [0.25, 0.3) is 5.56 Å². The molecule has 2 N–H and O–H groups in total. The Balaban J connectivity index is 1.53. The molecule has 0 saturated heterocycles. The summed E-state index contributed by atoms with van der Waals surface area (Å²) in [5.74, 6) is -0.428. The standard InChI is InChI=1S/C25H26N3O8P/c1-17-15-28(25(31)26-23(17)29)21-14-13-20(35-21)16-34-37(32,36-19-11-7-4-8-12-19)27-22(24(30)33-2)18-9-5-3-6-10-18/h3-15,20-22H,16H2,1-2H3,(H,27,32)(H,26,29,31)/t20-,21+,22?,37?/m0/s1. The molecule has 0 spiro atoms. The highest BCUT2D eigenvalue weighted by Gasteiger charge is 2.36. The molecule has 0 saturated carbocycles. The SMILES string of the molecule is COC(=O)C(NP(=O)(OC[C@@H]1C=C[C@H](n2cc(C)c(=O)[nH]c2=O)O1)Oc1ccccc1)c1ccccc1. The fourth-order valence-electron chi connectivity index (χ4n) is 3.58. The zero-order valence-corrected chi connectivity index (χ0v) is 21.0. The quantitative estimate of drug-likeness (QED) is 0.231. The Kier molecular flexibility index (Phi) is 8.20. The smallest absolute Gasteiger partial charge is 0.459 e. The molecule has 2 unspecified atom stereocenters. The van der Waals surface area contributed by atoms with E-state index in [1.54, 1.807) is 79.7 Å². The van der Waals surface area contributed by atoms with Gasteiger partial charge in [0, 0.05) is 11.8 Å². The Bertz CT molecular complexity index is 1420. The van der Waals surface area contributed by atoms with Gasteiger partial charge >= 0.3 is 19.4 Å². The minimum atomic E-state index is -4.18. The summed E-state index contributed by atoms with van der Waals surface area (Å²) >= 11 is 0. The molecule has 12 heteroatoms. The molecular formula is C25H26N3O8P. The molecule has 1 aliphatic rings. The Labute approximate surface area is 212 Å². The predicted octanol–water partition coefficient (Wildman–Crippen LogP) is 3.01. The molecule has 1 aliphatic heterocycles. The van der Waals surface area contributed by atoms with E-state index >= 15 is 0 Å². The Morgan fingerprint density at radius 3 is 2.46 bits per heavy atom. The van der Waals surface area contributed by atoms with Gasteiger partial charge in [-0.1, -0.05) is 54.6 Å². The van der Waals surface area contributed by atoms with Crippen LogP contribution in [0.5, 0.6) is 5.75 Å². The highest BCUT2D eigenvalue weighted by Crippen LogP contribution is 2.47. The molecule has 0 radical (unpaired) electrons. The van der Waals surface area contributed by atoms with Crippen molar-refractivity contribution in [2.45, 2.75) is 25.3 Å². The van der Waals surface area contributed by atoms with Gasteiger partial charge in [-0.2, -0.15) is 5.09 Å². The maximum Gasteiger partial charge on any atom is 0.459 e. The Morgan fingerprint density at radius 2 is 1.78 bits per heavy atom. The van der Waals surface area contributed by atoms with Crippen molar-refractivity contribution in [1.82, 2.24) is 14.6 Å². The number of hydrogen-bond acceptors (Lipinski definition) is 8. The third-order valence-corrected chi connectivity index (χ3v) is 6.97. The van der Waals surface area contributed by atoms with Gasteiger partial charge in [0.05, 0.1) is 13.7 Å². The molecular weight excluding hydrogens is 501 g/mol. The van der Waals surface area contributed by atoms with Crippen LogP contribution >= 0.6 is 7.75 Å². The molecule has 2 heterocycles. The van der Waals surface area contributed by atoms with Crippen molar-refractivity contribution in [2.24, 2.45) is 0 Å². The van der Waals surface area contributed by atoms with Crippen molar-refractivity contribution in [3.63, 3.8) is 0 Å². The molecule has 194 valence electrons. The van der Waals surface area contributed by atoms with Gasteiger partial charge in [-0.05, 0) is 30.7 Å². The van der Waals surface area contributed by atoms with E-state index in [1.165, 1.54) is 17.9 Å². The number of aromatic nitrogens is 2. The van der Waals surface area contributed by atoms with Crippen LogP contribution in [-0.2, 0) is 23.4 Å². The maximum absolute atomic E-state index is 13.9. The van der Waals surface area contributed by atoms with Crippen molar-refractivity contribution >= 4 is 13.7 Å². The average molecular weight is 527 g/mol. The minimum absolute atomic E-state index is 0.232. The second-order valence-electron chi connectivity index (χ2n) is 8.12. The highest BCUT2D eigenvalue weighted by molar-refractivity contribution is 7.52. The summed E-state index contributed by atoms with van der Waals surface area (Å²) in [7, 11) is -2.95. The molecule has 0 amide bonds. The van der Waals surface area contributed by atoms with E-state index in [1.807, 2.05) is 0 Å². The summed E-state index contributed by atoms with van der Waals surface area (Å²) in [6.45, 7) is 1.34. The molecule has 4 atom stereocenters. The number of nitrogens with zero attached hydrogens (tertiary/aromatic N) is 1. The number of para-hydroxylation sites is 1. The van der Waals surface area contributed by atoms with Gasteiger partial charge in [-0.15, -0.1) is 0 Å². The number of aryl methyl sites for hydroxylation is 1. The van der Waals surface area contributed by atoms with Crippen LogP contribution in [0.1, 0.15) is 23.4 Å². The first kappa shape index (κ1) is 26.3. The number of carbonyl (C=O) groups is 1. The third-order valence-electron chi connectivity index (χ3n) is 5.46. The number of benzene rings is 2. The van der Waals surface area contributed by atoms with Crippen molar-refractivity contribution in [1.29, 1.82) is 0 Å². The summed E-state index contributed by atoms with van der Waals surface area (Å²) < 4.78 is 37.3. The molecule has 3 aromatic rings. The first-order valence-electron chi connectivity index (χ1n) is 11.3.